The Morgan fingerprint density at radius 1 is 1.39 bits per heavy atom. The van der Waals surface area contributed by atoms with E-state index in [2.05, 4.69) is 24.0 Å². The van der Waals surface area contributed by atoms with Crippen LogP contribution in [0.5, 0.6) is 0 Å². The minimum atomic E-state index is -0.336. The number of amides is 1. The maximum Gasteiger partial charge on any atom is 0.265 e. The molecule has 1 aromatic carbocycles. The summed E-state index contributed by atoms with van der Waals surface area (Å²) in [6.45, 7) is 3.02. The number of carbonyl (C=O) groups is 1. The minimum absolute atomic E-state index is 0.181. The van der Waals surface area contributed by atoms with Gasteiger partial charge in [-0.2, -0.15) is 0 Å². The van der Waals surface area contributed by atoms with Gasteiger partial charge in [-0.25, -0.2) is 0 Å². The topological polar surface area (TPSA) is 46.3 Å². The first-order valence-corrected chi connectivity index (χ1v) is 7.15. The van der Waals surface area contributed by atoms with E-state index in [4.69, 9.17) is 5.73 Å². The zero-order valence-electron chi connectivity index (χ0n) is 10.5. The van der Waals surface area contributed by atoms with Gasteiger partial charge < -0.3 is 10.6 Å². The van der Waals surface area contributed by atoms with Crippen molar-refractivity contribution in [1.29, 1.82) is 0 Å². The number of unbranched alkanes of at least 4 members (excludes halogenated alkanes) is 1. The second-order valence-electron chi connectivity index (χ2n) is 4.31. The summed E-state index contributed by atoms with van der Waals surface area (Å²) in [7, 11) is 0. The summed E-state index contributed by atoms with van der Waals surface area (Å²) in [5.41, 5.74) is 7.29. The fraction of sp³-hybridized carbons (Fsp3) is 0.357. The Balaban J connectivity index is 2.19. The van der Waals surface area contributed by atoms with Crippen molar-refractivity contribution < 1.29 is 4.79 Å². The highest BCUT2D eigenvalue weighted by Gasteiger charge is 2.30. The van der Waals surface area contributed by atoms with Crippen molar-refractivity contribution in [3.63, 3.8) is 0 Å². The summed E-state index contributed by atoms with van der Waals surface area (Å²) in [6.07, 6.45) is 2.17. The molecule has 96 valence electrons. The van der Waals surface area contributed by atoms with Crippen LogP contribution in [0.1, 0.15) is 30.7 Å². The third-order valence-corrected chi connectivity index (χ3v) is 4.13. The zero-order chi connectivity index (χ0) is 13.0. The van der Waals surface area contributed by atoms with Gasteiger partial charge in [0.1, 0.15) is 11.1 Å². The quantitative estimate of drug-likeness (QED) is 0.887. The van der Waals surface area contributed by atoms with Crippen LogP contribution in [-0.2, 0) is 4.79 Å². The van der Waals surface area contributed by atoms with E-state index >= 15 is 0 Å². The third kappa shape index (κ3) is 2.70. The molecule has 18 heavy (non-hydrogen) atoms. The molecule has 0 fully saturated rings. The predicted molar refractivity (Wildman–Crippen MR) is 75.7 cm³/mol. The molecule has 0 spiro atoms. The number of hydrogen-bond acceptors (Lipinski definition) is 3. The molecule has 1 amide bonds. The summed E-state index contributed by atoms with van der Waals surface area (Å²) in [6, 6.07) is 10.2. The van der Waals surface area contributed by atoms with Gasteiger partial charge in [0.05, 0.1) is 0 Å². The van der Waals surface area contributed by atoms with E-state index in [1.54, 1.807) is 11.8 Å². The lowest BCUT2D eigenvalue weighted by Crippen LogP contribution is -2.31. The van der Waals surface area contributed by atoms with E-state index in [0.29, 0.717) is 5.70 Å². The Morgan fingerprint density at radius 2 is 2.11 bits per heavy atom. The van der Waals surface area contributed by atoms with Crippen LogP contribution in [0, 0.1) is 0 Å². The number of rotatable bonds is 5. The number of nitrogens with two attached hydrogens (primary N) is 1. The van der Waals surface area contributed by atoms with Gasteiger partial charge in [-0.05, 0) is 12.0 Å². The van der Waals surface area contributed by atoms with E-state index in [1.165, 1.54) is 5.56 Å². The van der Waals surface area contributed by atoms with E-state index in [0.717, 1.165) is 19.4 Å². The van der Waals surface area contributed by atoms with Crippen molar-refractivity contribution in [3.05, 3.63) is 47.0 Å². The van der Waals surface area contributed by atoms with E-state index < -0.39 is 0 Å². The van der Waals surface area contributed by atoms with Crippen LogP contribution in [0.2, 0.25) is 0 Å². The van der Waals surface area contributed by atoms with Crippen molar-refractivity contribution in [1.82, 2.24) is 4.90 Å². The van der Waals surface area contributed by atoms with Crippen LogP contribution in [0.3, 0.4) is 0 Å². The first-order valence-electron chi connectivity index (χ1n) is 6.21. The second-order valence-corrected chi connectivity index (χ2v) is 5.27. The highest BCUT2D eigenvalue weighted by atomic mass is 32.2. The molecule has 1 unspecified atom stereocenters. The second kappa shape index (κ2) is 5.96. The molecule has 1 aliphatic heterocycles. The van der Waals surface area contributed by atoms with Crippen molar-refractivity contribution in [3.8, 4) is 0 Å². The SMILES string of the molecule is CCCCN1C(C(N)=O)=CSC1c1ccccc1. The maximum atomic E-state index is 11.5. The third-order valence-electron chi connectivity index (χ3n) is 2.99. The van der Waals surface area contributed by atoms with Gasteiger partial charge in [-0.1, -0.05) is 43.7 Å². The summed E-state index contributed by atoms with van der Waals surface area (Å²) in [5, 5.41) is 2.07. The molecule has 0 saturated heterocycles. The van der Waals surface area contributed by atoms with Crippen LogP contribution in [0.15, 0.2) is 41.4 Å². The first-order chi connectivity index (χ1) is 8.74. The van der Waals surface area contributed by atoms with Gasteiger partial charge in [-0.15, -0.1) is 11.8 Å². The van der Waals surface area contributed by atoms with Crippen molar-refractivity contribution in [2.75, 3.05) is 6.54 Å². The van der Waals surface area contributed by atoms with Crippen molar-refractivity contribution in [2.24, 2.45) is 5.73 Å². The standard InChI is InChI=1S/C14H18N2OS/c1-2-3-9-16-12(13(15)17)10-18-14(16)11-7-5-4-6-8-11/h4-8,10,14H,2-3,9H2,1H3,(H2,15,17). The Bertz CT molecular complexity index is 444. The summed E-state index contributed by atoms with van der Waals surface area (Å²) >= 11 is 1.65. The predicted octanol–water partition coefficient (Wildman–Crippen LogP) is 2.86. The van der Waals surface area contributed by atoms with E-state index in [1.807, 2.05) is 23.6 Å². The molecule has 0 radical (unpaired) electrons. The molecular weight excluding hydrogens is 244 g/mol. The van der Waals surface area contributed by atoms with Gasteiger partial charge in [0.25, 0.3) is 5.91 Å². The normalized spacial score (nSPS) is 18.8. The van der Waals surface area contributed by atoms with Crippen LogP contribution in [0.4, 0.5) is 0 Å². The fourth-order valence-corrected chi connectivity index (χ4v) is 3.23. The van der Waals surface area contributed by atoms with Crippen molar-refractivity contribution in [2.45, 2.75) is 25.1 Å². The van der Waals surface area contributed by atoms with Crippen LogP contribution >= 0.6 is 11.8 Å². The molecular formula is C14H18N2OS. The summed E-state index contributed by atoms with van der Waals surface area (Å²) in [5.74, 6) is -0.336. The number of carbonyl (C=O) groups excluding carboxylic acids is 1. The molecule has 2 N–H and O–H groups in total. The lowest BCUT2D eigenvalue weighted by Gasteiger charge is -2.28. The number of benzene rings is 1. The van der Waals surface area contributed by atoms with Gasteiger partial charge >= 0.3 is 0 Å². The highest BCUT2D eigenvalue weighted by Crippen LogP contribution is 2.42. The summed E-state index contributed by atoms with van der Waals surface area (Å²) < 4.78 is 0. The average Bonchev–Trinajstić information content (AvgIpc) is 2.81. The average molecular weight is 262 g/mol. The Labute approximate surface area is 112 Å². The molecule has 0 aromatic heterocycles. The zero-order valence-corrected chi connectivity index (χ0v) is 11.3. The number of nitrogens with zero attached hydrogens (tertiary/aromatic N) is 1. The molecule has 3 nitrogen and oxygen atoms in total. The Hall–Kier alpha value is -1.42. The van der Waals surface area contributed by atoms with E-state index in [-0.39, 0.29) is 11.3 Å². The Kier molecular flexibility index (Phi) is 4.31. The number of thioether (sulfide) groups is 1. The number of primary amides is 1. The maximum absolute atomic E-state index is 11.5. The Morgan fingerprint density at radius 3 is 2.72 bits per heavy atom. The van der Waals surface area contributed by atoms with Gasteiger partial charge in [0.15, 0.2) is 0 Å². The first kappa shape index (κ1) is 13.0. The summed E-state index contributed by atoms with van der Waals surface area (Å²) in [4.78, 5) is 13.6. The van der Waals surface area contributed by atoms with E-state index in [9.17, 15) is 4.79 Å². The lowest BCUT2D eigenvalue weighted by atomic mass is 10.2. The molecule has 1 aliphatic rings. The van der Waals surface area contributed by atoms with Crippen LogP contribution < -0.4 is 5.73 Å². The van der Waals surface area contributed by atoms with Gasteiger partial charge in [-0.3, -0.25) is 4.79 Å². The molecule has 4 heteroatoms. The smallest absolute Gasteiger partial charge is 0.265 e. The highest BCUT2D eigenvalue weighted by molar-refractivity contribution is 8.02. The molecule has 1 aromatic rings. The molecule has 0 bridgehead atoms. The van der Waals surface area contributed by atoms with Gasteiger partial charge in [0, 0.05) is 12.0 Å². The lowest BCUT2D eigenvalue weighted by molar-refractivity contribution is -0.116. The molecule has 1 heterocycles. The minimum Gasteiger partial charge on any atom is -0.364 e. The molecule has 0 saturated carbocycles. The van der Waals surface area contributed by atoms with Crippen LogP contribution in [0.25, 0.3) is 0 Å². The number of hydrogen-bond donors (Lipinski definition) is 1. The molecule has 1 atom stereocenters. The fourth-order valence-electron chi connectivity index (χ4n) is 2.04. The van der Waals surface area contributed by atoms with Gasteiger partial charge in [0.2, 0.25) is 0 Å². The largest absolute Gasteiger partial charge is 0.364 e. The molecule has 2 rings (SSSR count). The molecule has 0 aliphatic carbocycles. The van der Waals surface area contributed by atoms with Crippen LogP contribution in [-0.4, -0.2) is 17.4 Å². The van der Waals surface area contributed by atoms with Crippen molar-refractivity contribution >= 4 is 17.7 Å². The monoisotopic (exact) mass is 262 g/mol.